The first kappa shape index (κ1) is 21.7. The summed E-state index contributed by atoms with van der Waals surface area (Å²) < 4.78 is 19.2. The summed E-state index contributed by atoms with van der Waals surface area (Å²) in [5, 5.41) is 8.75. The molecule has 0 radical (unpaired) electrons. The Bertz CT molecular complexity index is 572. The molecule has 2 nitrogen and oxygen atoms in total. The number of nitrogens with zero attached hydrogens (tertiary/aromatic N) is 1. The predicted molar refractivity (Wildman–Crippen MR) is 109 cm³/mol. The first-order valence-electron chi connectivity index (χ1n) is 11.1. The summed E-state index contributed by atoms with van der Waals surface area (Å²) >= 11 is 0. The highest BCUT2D eigenvalue weighted by molar-refractivity contribution is 5.36. The lowest BCUT2D eigenvalue weighted by Crippen LogP contribution is -2.15. The number of hydrogen-bond donors (Lipinski definition) is 0. The van der Waals surface area contributed by atoms with Crippen LogP contribution in [-0.4, -0.2) is 6.61 Å². The van der Waals surface area contributed by atoms with Gasteiger partial charge in [0.2, 0.25) is 0 Å². The van der Waals surface area contributed by atoms with Gasteiger partial charge in [0.1, 0.15) is 17.6 Å². The fraction of sp³-hybridized carbons (Fsp3) is 0.708. The molecule has 0 aromatic heterocycles. The van der Waals surface area contributed by atoms with Crippen molar-refractivity contribution in [2.75, 3.05) is 6.61 Å². The summed E-state index contributed by atoms with van der Waals surface area (Å²) in [5.74, 6) is 1.82. The molecule has 1 aliphatic carbocycles. The molecule has 1 aliphatic rings. The summed E-state index contributed by atoms with van der Waals surface area (Å²) in [6.07, 6.45) is 17.6. The molecule has 0 amide bonds. The van der Waals surface area contributed by atoms with Gasteiger partial charge in [-0.2, -0.15) is 5.26 Å². The third-order valence-corrected chi connectivity index (χ3v) is 6.02. The van der Waals surface area contributed by atoms with E-state index in [2.05, 4.69) is 6.92 Å². The number of unbranched alkanes of at least 4 members (excludes halogenated alkanes) is 5. The minimum atomic E-state index is -0.501. The Balaban J connectivity index is 1.51. The molecule has 0 bridgehead atoms. The molecule has 0 atom stereocenters. The van der Waals surface area contributed by atoms with Gasteiger partial charge < -0.3 is 4.74 Å². The van der Waals surface area contributed by atoms with E-state index >= 15 is 0 Å². The normalized spacial score (nSPS) is 19.6. The van der Waals surface area contributed by atoms with Crippen LogP contribution in [-0.2, 0) is 0 Å². The summed E-state index contributed by atoms with van der Waals surface area (Å²) in [6.45, 7) is 2.90. The Hall–Kier alpha value is -1.56. The number of hydrogen-bond acceptors (Lipinski definition) is 2. The van der Waals surface area contributed by atoms with Crippen LogP contribution >= 0.6 is 0 Å². The summed E-state index contributed by atoms with van der Waals surface area (Å²) in [4.78, 5) is 0. The van der Waals surface area contributed by atoms with Gasteiger partial charge in [-0.1, -0.05) is 77.6 Å². The van der Waals surface area contributed by atoms with E-state index in [-0.39, 0.29) is 5.56 Å². The second-order valence-corrected chi connectivity index (χ2v) is 8.19. The van der Waals surface area contributed by atoms with Crippen LogP contribution in [0.5, 0.6) is 5.75 Å². The van der Waals surface area contributed by atoms with Crippen molar-refractivity contribution in [2.24, 2.45) is 11.8 Å². The van der Waals surface area contributed by atoms with E-state index in [4.69, 9.17) is 10.00 Å². The lowest BCUT2D eigenvalue weighted by atomic mass is 9.78. The summed E-state index contributed by atoms with van der Waals surface area (Å²) in [5.41, 5.74) is 0.0695. The number of ether oxygens (including phenoxy) is 1. The molecule has 1 fully saturated rings. The zero-order valence-corrected chi connectivity index (χ0v) is 17.0. The van der Waals surface area contributed by atoms with Crippen molar-refractivity contribution in [3.05, 3.63) is 29.6 Å². The molecule has 2 rings (SSSR count). The van der Waals surface area contributed by atoms with E-state index in [0.717, 1.165) is 18.3 Å². The van der Waals surface area contributed by atoms with Crippen molar-refractivity contribution in [1.29, 1.82) is 5.26 Å². The van der Waals surface area contributed by atoms with Crippen LogP contribution in [0.4, 0.5) is 4.39 Å². The lowest BCUT2D eigenvalue weighted by Gasteiger charge is -2.28. The van der Waals surface area contributed by atoms with Crippen molar-refractivity contribution < 1.29 is 9.13 Å². The van der Waals surface area contributed by atoms with E-state index in [1.165, 1.54) is 89.2 Å². The maximum Gasteiger partial charge on any atom is 0.144 e. The smallest absolute Gasteiger partial charge is 0.144 e. The molecule has 1 saturated carbocycles. The van der Waals surface area contributed by atoms with Gasteiger partial charge >= 0.3 is 0 Å². The number of benzene rings is 1. The lowest BCUT2D eigenvalue weighted by molar-refractivity contribution is 0.227. The Morgan fingerprint density at radius 3 is 2.22 bits per heavy atom. The van der Waals surface area contributed by atoms with E-state index in [0.29, 0.717) is 12.4 Å². The third kappa shape index (κ3) is 8.33. The molecule has 150 valence electrons. The van der Waals surface area contributed by atoms with Gasteiger partial charge in [-0.15, -0.1) is 0 Å². The minimum Gasteiger partial charge on any atom is -0.493 e. The van der Waals surface area contributed by atoms with Crippen molar-refractivity contribution in [1.82, 2.24) is 0 Å². The molecular weight excluding hydrogens is 337 g/mol. The number of halogens is 1. The average molecular weight is 374 g/mol. The zero-order valence-electron chi connectivity index (χ0n) is 17.0. The fourth-order valence-electron chi connectivity index (χ4n) is 4.26. The van der Waals surface area contributed by atoms with Gasteiger partial charge in [0.05, 0.1) is 12.2 Å². The van der Waals surface area contributed by atoms with E-state index < -0.39 is 5.82 Å². The first-order valence-corrected chi connectivity index (χ1v) is 11.1. The standard InChI is InChI=1S/C24H36FNO/c1-2-3-4-5-6-7-9-20-11-13-21(14-12-20)10-8-17-27-23-16-15-22(19-26)24(25)18-23/h15-16,18,20-21H,2-14,17H2,1H3/t20-,21-. The third-order valence-electron chi connectivity index (χ3n) is 6.02. The molecule has 0 N–H and O–H groups in total. The predicted octanol–water partition coefficient (Wildman–Crippen LogP) is 7.41. The topological polar surface area (TPSA) is 33.0 Å². The largest absolute Gasteiger partial charge is 0.493 e. The van der Waals surface area contributed by atoms with Crippen LogP contribution in [0.15, 0.2) is 18.2 Å². The highest BCUT2D eigenvalue weighted by atomic mass is 19.1. The van der Waals surface area contributed by atoms with E-state index in [9.17, 15) is 4.39 Å². The second-order valence-electron chi connectivity index (χ2n) is 8.19. The van der Waals surface area contributed by atoms with Crippen LogP contribution in [0.3, 0.4) is 0 Å². The highest BCUT2D eigenvalue weighted by Gasteiger charge is 2.20. The van der Waals surface area contributed by atoms with Crippen LogP contribution in [0, 0.1) is 29.0 Å². The quantitative estimate of drug-likeness (QED) is 0.357. The van der Waals surface area contributed by atoms with Crippen molar-refractivity contribution in [2.45, 2.75) is 90.4 Å². The van der Waals surface area contributed by atoms with Gasteiger partial charge in [-0.3, -0.25) is 0 Å². The van der Waals surface area contributed by atoms with Crippen LogP contribution < -0.4 is 4.74 Å². The van der Waals surface area contributed by atoms with Crippen molar-refractivity contribution >= 4 is 0 Å². The maximum atomic E-state index is 13.6. The van der Waals surface area contributed by atoms with Crippen LogP contribution in [0.2, 0.25) is 0 Å². The second kappa shape index (κ2) is 12.8. The molecule has 3 heteroatoms. The SMILES string of the molecule is CCCCCCCC[C@H]1CC[C@H](CCCOc2ccc(C#N)c(F)c2)CC1. The van der Waals surface area contributed by atoms with Gasteiger partial charge in [0.25, 0.3) is 0 Å². The van der Waals surface area contributed by atoms with Crippen molar-refractivity contribution in [3.63, 3.8) is 0 Å². The van der Waals surface area contributed by atoms with E-state index in [1.54, 1.807) is 6.07 Å². The minimum absolute atomic E-state index is 0.0695. The Kier molecular flexibility index (Phi) is 10.3. The molecule has 1 aromatic rings. The molecule has 0 saturated heterocycles. The Labute approximate surface area is 165 Å². The fourth-order valence-corrected chi connectivity index (χ4v) is 4.26. The molecular formula is C24H36FNO. The van der Waals surface area contributed by atoms with Gasteiger partial charge in [-0.05, 0) is 36.8 Å². The monoisotopic (exact) mass is 373 g/mol. The van der Waals surface area contributed by atoms with Gasteiger partial charge in [0, 0.05) is 6.07 Å². The van der Waals surface area contributed by atoms with Gasteiger partial charge in [0.15, 0.2) is 0 Å². The van der Waals surface area contributed by atoms with Crippen LogP contribution in [0.1, 0.15) is 96.0 Å². The molecule has 0 heterocycles. The summed E-state index contributed by atoms with van der Waals surface area (Å²) in [7, 11) is 0. The Morgan fingerprint density at radius 2 is 1.59 bits per heavy atom. The van der Waals surface area contributed by atoms with Crippen molar-refractivity contribution in [3.8, 4) is 11.8 Å². The Morgan fingerprint density at radius 1 is 0.963 bits per heavy atom. The molecule has 0 aliphatic heterocycles. The molecule has 0 unspecified atom stereocenters. The maximum absolute atomic E-state index is 13.6. The van der Waals surface area contributed by atoms with E-state index in [1.807, 2.05) is 6.07 Å². The zero-order chi connectivity index (χ0) is 19.3. The number of rotatable bonds is 12. The number of nitriles is 1. The highest BCUT2D eigenvalue weighted by Crippen LogP contribution is 2.34. The summed E-state index contributed by atoms with van der Waals surface area (Å²) in [6, 6.07) is 6.30. The molecule has 27 heavy (non-hydrogen) atoms. The average Bonchev–Trinajstić information content (AvgIpc) is 2.69. The van der Waals surface area contributed by atoms with Gasteiger partial charge in [-0.25, -0.2) is 4.39 Å². The first-order chi connectivity index (χ1) is 13.2. The van der Waals surface area contributed by atoms with Crippen LogP contribution in [0.25, 0.3) is 0 Å². The molecule has 1 aromatic carbocycles. The molecule has 0 spiro atoms.